The van der Waals surface area contributed by atoms with Gasteiger partial charge in [-0.2, -0.15) is 0 Å². The summed E-state index contributed by atoms with van der Waals surface area (Å²) in [5.41, 5.74) is 4.33. The number of rotatable bonds is 17. The minimum Gasteiger partial charge on any atom is -0.489 e. The Bertz CT molecular complexity index is 1370. The molecular weight excluding hydrogens is 564 g/mol. The number of carbonyl (C=O) groups is 2. The molecule has 0 N–H and O–H groups in total. The molecule has 0 unspecified atom stereocenters. The second-order valence-electron chi connectivity index (χ2n) is 12.0. The summed E-state index contributed by atoms with van der Waals surface area (Å²) in [6, 6.07) is 12.0. The topological polar surface area (TPSA) is 71.1 Å². The number of esters is 2. The zero-order chi connectivity index (χ0) is 32.9. The van der Waals surface area contributed by atoms with E-state index in [9.17, 15) is 9.59 Å². The average Bonchev–Trinajstić information content (AvgIpc) is 3.04. The number of ether oxygens (including phenoxy) is 4. The van der Waals surface area contributed by atoms with Crippen LogP contribution < -0.4 is 14.2 Å². The molecule has 1 aliphatic carbocycles. The summed E-state index contributed by atoms with van der Waals surface area (Å²) in [5, 5.41) is 0. The molecule has 3 rings (SSSR count). The van der Waals surface area contributed by atoms with Gasteiger partial charge in [0.25, 0.3) is 0 Å². The van der Waals surface area contributed by atoms with Crippen LogP contribution in [0, 0.1) is 5.92 Å². The van der Waals surface area contributed by atoms with Crippen molar-refractivity contribution in [2.24, 2.45) is 5.92 Å². The van der Waals surface area contributed by atoms with Crippen molar-refractivity contribution in [3.05, 3.63) is 90.8 Å². The summed E-state index contributed by atoms with van der Waals surface area (Å²) >= 11 is 0. The maximum Gasteiger partial charge on any atom is 0.338 e. The standard InChI is InChI=1S/C39H50O6/c1-9-11-13-30-14-16-31(17-15-30)32-18-20-33(21-19-32)34-24-37(45-38(40)27(5)6)36(25-35(34)44-29(8)26(3)4)42-22-12-23-43-39(41)28(7)10-2/h18-21,24-25,30-31H,3,5,7-17,22-23H2,1-2,4,6H3. The van der Waals surface area contributed by atoms with E-state index >= 15 is 0 Å². The van der Waals surface area contributed by atoms with Gasteiger partial charge in [0.1, 0.15) is 11.5 Å². The fourth-order valence-electron chi connectivity index (χ4n) is 5.32. The maximum absolute atomic E-state index is 12.6. The third kappa shape index (κ3) is 10.5. The van der Waals surface area contributed by atoms with Gasteiger partial charge in [-0.05, 0) is 80.6 Å². The van der Waals surface area contributed by atoms with Crippen LogP contribution in [-0.4, -0.2) is 25.2 Å². The smallest absolute Gasteiger partial charge is 0.338 e. The molecule has 0 aliphatic heterocycles. The molecule has 1 saturated carbocycles. The van der Waals surface area contributed by atoms with E-state index in [1.807, 2.05) is 13.8 Å². The van der Waals surface area contributed by atoms with E-state index < -0.39 is 11.9 Å². The van der Waals surface area contributed by atoms with Crippen molar-refractivity contribution in [3.8, 4) is 28.4 Å². The number of carbonyl (C=O) groups excluding carboxylic acids is 2. The summed E-state index contributed by atoms with van der Waals surface area (Å²) in [6.45, 7) is 23.3. The van der Waals surface area contributed by atoms with Gasteiger partial charge in [-0.25, -0.2) is 9.59 Å². The van der Waals surface area contributed by atoms with Crippen molar-refractivity contribution in [2.75, 3.05) is 13.2 Å². The van der Waals surface area contributed by atoms with Crippen molar-refractivity contribution in [2.45, 2.75) is 91.4 Å². The average molecular weight is 615 g/mol. The fraction of sp³-hybridized carbons (Fsp3) is 0.436. The third-order valence-corrected chi connectivity index (χ3v) is 8.31. The number of unbranched alkanes of at least 4 members (excludes halogenated alkanes) is 1. The van der Waals surface area contributed by atoms with E-state index in [1.165, 1.54) is 50.5 Å². The van der Waals surface area contributed by atoms with Crippen LogP contribution in [0.5, 0.6) is 17.2 Å². The van der Waals surface area contributed by atoms with E-state index in [0.29, 0.717) is 47.2 Å². The first kappa shape index (κ1) is 35.4. The van der Waals surface area contributed by atoms with Crippen LogP contribution >= 0.6 is 0 Å². The molecule has 1 fully saturated rings. The Labute approximate surface area is 269 Å². The van der Waals surface area contributed by atoms with Crippen molar-refractivity contribution < 1.29 is 28.5 Å². The molecule has 0 radical (unpaired) electrons. The van der Waals surface area contributed by atoms with Crippen LogP contribution in [0.1, 0.15) is 97.0 Å². The summed E-state index contributed by atoms with van der Waals surface area (Å²) in [7, 11) is 0. The SMILES string of the molecule is C=C(C)C(=C)Oc1cc(OCCCOC(=O)C(=C)CC)c(OC(=O)C(=C)C)cc1-c1ccc(C2CCC(CCCC)CC2)cc1. The van der Waals surface area contributed by atoms with Gasteiger partial charge in [-0.1, -0.05) is 83.7 Å². The van der Waals surface area contributed by atoms with Crippen molar-refractivity contribution >= 4 is 11.9 Å². The number of hydrogen-bond acceptors (Lipinski definition) is 6. The molecule has 6 nitrogen and oxygen atoms in total. The molecule has 6 heteroatoms. The van der Waals surface area contributed by atoms with E-state index in [4.69, 9.17) is 18.9 Å². The molecule has 0 aromatic heterocycles. The predicted molar refractivity (Wildman–Crippen MR) is 182 cm³/mol. The van der Waals surface area contributed by atoms with Crippen molar-refractivity contribution in [3.63, 3.8) is 0 Å². The van der Waals surface area contributed by atoms with Crippen molar-refractivity contribution in [1.82, 2.24) is 0 Å². The highest BCUT2D eigenvalue weighted by atomic mass is 16.6. The second-order valence-corrected chi connectivity index (χ2v) is 12.0. The highest BCUT2D eigenvalue weighted by Gasteiger charge is 2.23. The monoisotopic (exact) mass is 614 g/mol. The van der Waals surface area contributed by atoms with Crippen molar-refractivity contribution in [1.29, 1.82) is 0 Å². The lowest BCUT2D eigenvalue weighted by Gasteiger charge is -2.29. The lowest BCUT2D eigenvalue weighted by Crippen LogP contribution is -2.13. The molecule has 242 valence electrons. The Kier molecular flexibility index (Phi) is 13.7. The fourth-order valence-corrected chi connectivity index (χ4v) is 5.32. The predicted octanol–water partition coefficient (Wildman–Crippen LogP) is 10.0. The minimum absolute atomic E-state index is 0.166. The zero-order valence-corrected chi connectivity index (χ0v) is 27.7. The maximum atomic E-state index is 12.6. The first-order chi connectivity index (χ1) is 21.5. The molecule has 0 heterocycles. The first-order valence-corrected chi connectivity index (χ1v) is 16.2. The summed E-state index contributed by atoms with van der Waals surface area (Å²) in [4.78, 5) is 24.5. The largest absolute Gasteiger partial charge is 0.489 e. The van der Waals surface area contributed by atoms with E-state index in [1.54, 1.807) is 19.1 Å². The highest BCUT2D eigenvalue weighted by Crippen LogP contribution is 2.43. The first-order valence-electron chi connectivity index (χ1n) is 16.2. The van der Waals surface area contributed by atoms with Crippen LogP contribution in [0.3, 0.4) is 0 Å². The van der Waals surface area contributed by atoms with Gasteiger partial charge in [-0.15, -0.1) is 0 Å². The lowest BCUT2D eigenvalue weighted by atomic mass is 9.77. The molecule has 2 aromatic carbocycles. The van der Waals surface area contributed by atoms with Crippen LogP contribution in [0.15, 0.2) is 85.2 Å². The van der Waals surface area contributed by atoms with Crippen LogP contribution in [0.4, 0.5) is 0 Å². The van der Waals surface area contributed by atoms with Gasteiger partial charge >= 0.3 is 11.9 Å². The normalized spacial score (nSPS) is 15.9. The molecular formula is C39H50O6. The van der Waals surface area contributed by atoms with Crippen LogP contribution in [-0.2, 0) is 14.3 Å². The van der Waals surface area contributed by atoms with Gasteiger partial charge in [0.15, 0.2) is 11.5 Å². The van der Waals surface area contributed by atoms with Gasteiger partial charge in [0.2, 0.25) is 0 Å². The Hall–Kier alpha value is -4.06. The van der Waals surface area contributed by atoms with Crippen LogP contribution in [0.25, 0.3) is 11.1 Å². The number of hydrogen-bond donors (Lipinski definition) is 0. The van der Waals surface area contributed by atoms with Gasteiger partial charge in [-0.3, -0.25) is 0 Å². The molecule has 0 spiro atoms. The van der Waals surface area contributed by atoms with Gasteiger partial charge in [0, 0.05) is 29.2 Å². The van der Waals surface area contributed by atoms with Gasteiger partial charge < -0.3 is 18.9 Å². The Morgan fingerprint density at radius 1 is 0.778 bits per heavy atom. The zero-order valence-electron chi connectivity index (χ0n) is 27.7. The Morgan fingerprint density at radius 3 is 2.07 bits per heavy atom. The number of allylic oxidation sites excluding steroid dienone is 1. The Balaban J connectivity index is 1.87. The third-order valence-electron chi connectivity index (χ3n) is 8.31. The summed E-state index contributed by atoms with van der Waals surface area (Å²) < 4.78 is 23.2. The Morgan fingerprint density at radius 2 is 1.47 bits per heavy atom. The second kappa shape index (κ2) is 17.4. The van der Waals surface area contributed by atoms with Gasteiger partial charge in [0.05, 0.1) is 13.2 Å². The quantitative estimate of drug-likeness (QED) is 0.0441. The summed E-state index contributed by atoms with van der Waals surface area (Å²) in [5.74, 6) is 1.88. The minimum atomic E-state index is -0.567. The molecule has 0 amide bonds. The molecule has 0 saturated heterocycles. The molecule has 45 heavy (non-hydrogen) atoms. The molecule has 0 bridgehead atoms. The number of benzene rings is 2. The molecule has 0 atom stereocenters. The molecule has 1 aliphatic rings. The van der Waals surface area contributed by atoms with Crippen LogP contribution in [0.2, 0.25) is 0 Å². The summed E-state index contributed by atoms with van der Waals surface area (Å²) in [6.07, 6.45) is 9.92. The van der Waals surface area contributed by atoms with E-state index in [-0.39, 0.29) is 24.5 Å². The molecule has 2 aromatic rings. The van der Waals surface area contributed by atoms with E-state index in [2.05, 4.69) is 57.5 Å². The lowest BCUT2D eigenvalue weighted by molar-refractivity contribution is -0.139. The highest BCUT2D eigenvalue weighted by molar-refractivity contribution is 5.90. The van der Waals surface area contributed by atoms with E-state index in [0.717, 1.165) is 17.0 Å².